The van der Waals surface area contributed by atoms with Crippen LogP contribution in [0.1, 0.15) is 30.0 Å². The first-order valence-electron chi connectivity index (χ1n) is 13.0. The number of amides is 2. The van der Waals surface area contributed by atoms with Crippen LogP contribution in [-0.4, -0.2) is 59.0 Å². The first-order valence-corrected chi connectivity index (χ1v) is 14.9. The highest BCUT2D eigenvalue weighted by atomic mass is 35.5. The van der Waals surface area contributed by atoms with Gasteiger partial charge in [-0.1, -0.05) is 36.7 Å². The summed E-state index contributed by atoms with van der Waals surface area (Å²) in [6.07, 6.45) is 0.324. The predicted octanol–water partition coefficient (Wildman–Crippen LogP) is 4.72. The first-order chi connectivity index (χ1) is 19.4. The second-order valence-electron chi connectivity index (χ2n) is 9.56. The van der Waals surface area contributed by atoms with Crippen molar-refractivity contribution in [1.29, 1.82) is 0 Å². The van der Waals surface area contributed by atoms with Gasteiger partial charge in [0.15, 0.2) is 11.5 Å². The maximum atomic E-state index is 14.2. The van der Waals surface area contributed by atoms with Crippen LogP contribution in [-0.2, 0) is 26.2 Å². The number of carbonyl (C=O) groups excluding carboxylic acids is 2. The summed E-state index contributed by atoms with van der Waals surface area (Å²) in [5.74, 6) is -0.296. The minimum Gasteiger partial charge on any atom is -0.493 e. The van der Waals surface area contributed by atoms with E-state index in [4.69, 9.17) is 21.1 Å². The average Bonchev–Trinajstić information content (AvgIpc) is 2.95. The van der Waals surface area contributed by atoms with Gasteiger partial charge in [0.1, 0.15) is 12.6 Å². The molecule has 1 N–H and O–H groups in total. The van der Waals surface area contributed by atoms with Crippen LogP contribution < -0.4 is 19.1 Å². The molecule has 0 spiro atoms. The predicted molar refractivity (Wildman–Crippen MR) is 160 cm³/mol. The van der Waals surface area contributed by atoms with Crippen molar-refractivity contribution in [3.8, 4) is 11.5 Å². The van der Waals surface area contributed by atoms with E-state index < -0.39 is 28.5 Å². The lowest BCUT2D eigenvalue weighted by Crippen LogP contribution is -2.51. The Kier molecular flexibility index (Phi) is 10.6. The molecule has 0 fully saturated rings. The molecule has 0 aromatic heterocycles. The molecule has 1 atom stereocenters. The summed E-state index contributed by atoms with van der Waals surface area (Å²) < 4.78 is 40.0. The number of benzene rings is 3. The number of carbonyl (C=O) groups is 2. The Bertz CT molecular complexity index is 1470. The van der Waals surface area contributed by atoms with Crippen molar-refractivity contribution >= 4 is 39.1 Å². The molecule has 3 aromatic carbocycles. The molecule has 0 radical (unpaired) electrons. The van der Waals surface area contributed by atoms with Crippen LogP contribution in [0.2, 0.25) is 5.02 Å². The fourth-order valence-electron chi connectivity index (χ4n) is 4.60. The van der Waals surface area contributed by atoms with Crippen molar-refractivity contribution < 1.29 is 27.5 Å². The highest BCUT2D eigenvalue weighted by molar-refractivity contribution is 7.92. The molecule has 3 aromatic rings. The SMILES string of the molecule is CC[C@H](C(=O)NC)N(Cc1ccc(Cl)cc1)C(=O)CN(c1cc(C)cc(C)c1)S(=O)(=O)c1ccc(OC)c(OC)c1. The Morgan fingerprint density at radius 2 is 1.54 bits per heavy atom. The summed E-state index contributed by atoms with van der Waals surface area (Å²) in [6.45, 7) is 5.04. The van der Waals surface area contributed by atoms with Crippen LogP contribution >= 0.6 is 11.6 Å². The number of anilines is 1. The van der Waals surface area contributed by atoms with Crippen LogP contribution in [0.3, 0.4) is 0 Å². The summed E-state index contributed by atoms with van der Waals surface area (Å²) >= 11 is 6.05. The van der Waals surface area contributed by atoms with Crippen LogP contribution in [0.25, 0.3) is 0 Å². The standard InChI is InChI=1S/C30H36ClN3O6S/c1-7-26(30(36)32-4)33(18-22-8-10-23(31)11-9-22)29(35)19-34(24-15-20(2)14-21(3)16-24)41(37,38)25-12-13-27(39-5)28(17-25)40-6/h8-17,26H,7,18-19H2,1-6H3,(H,32,36)/t26-/m1/s1. The van der Waals surface area contributed by atoms with Crippen molar-refractivity contribution in [3.05, 3.63) is 82.4 Å². The number of likely N-dealkylation sites (N-methyl/N-ethyl adjacent to an activating group) is 1. The second-order valence-corrected chi connectivity index (χ2v) is 11.9. The Morgan fingerprint density at radius 1 is 0.927 bits per heavy atom. The molecule has 0 aliphatic rings. The Hall–Kier alpha value is -3.76. The van der Waals surface area contributed by atoms with E-state index in [2.05, 4.69) is 5.32 Å². The van der Waals surface area contributed by atoms with Crippen molar-refractivity contribution in [1.82, 2.24) is 10.2 Å². The monoisotopic (exact) mass is 601 g/mol. The van der Waals surface area contributed by atoms with Gasteiger partial charge < -0.3 is 19.7 Å². The molecule has 0 saturated carbocycles. The second kappa shape index (κ2) is 13.7. The van der Waals surface area contributed by atoms with E-state index in [1.54, 1.807) is 43.3 Å². The quantitative estimate of drug-likeness (QED) is 0.322. The minimum atomic E-state index is -4.28. The summed E-state index contributed by atoms with van der Waals surface area (Å²) in [6, 6.07) is 15.7. The first kappa shape index (κ1) is 31.8. The zero-order valence-corrected chi connectivity index (χ0v) is 25.7. The van der Waals surface area contributed by atoms with Gasteiger partial charge in [-0.3, -0.25) is 13.9 Å². The van der Waals surface area contributed by atoms with E-state index in [9.17, 15) is 18.0 Å². The third-order valence-corrected chi connectivity index (χ3v) is 8.64. The molecular weight excluding hydrogens is 566 g/mol. The Morgan fingerprint density at radius 3 is 2.07 bits per heavy atom. The van der Waals surface area contributed by atoms with Gasteiger partial charge in [0.05, 0.1) is 24.8 Å². The highest BCUT2D eigenvalue weighted by Crippen LogP contribution is 2.33. The van der Waals surface area contributed by atoms with E-state index in [0.29, 0.717) is 22.9 Å². The van der Waals surface area contributed by atoms with Gasteiger partial charge >= 0.3 is 0 Å². The number of hydrogen-bond donors (Lipinski definition) is 1. The zero-order valence-electron chi connectivity index (χ0n) is 24.1. The summed E-state index contributed by atoms with van der Waals surface area (Å²) in [4.78, 5) is 28.2. The molecule has 220 valence electrons. The number of aryl methyl sites for hydroxylation is 2. The molecular formula is C30H36ClN3O6S. The van der Waals surface area contributed by atoms with E-state index in [-0.39, 0.29) is 23.1 Å². The molecule has 3 rings (SSSR count). The maximum absolute atomic E-state index is 14.2. The van der Waals surface area contributed by atoms with Crippen molar-refractivity contribution in [2.24, 2.45) is 0 Å². The molecule has 11 heteroatoms. The number of halogens is 1. The van der Waals surface area contributed by atoms with Crippen molar-refractivity contribution in [2.75, 3.05) is 32.1 Å². The lowest BCUT2D eigenvalue weighted by atomic mass is 10.1. The van der Waals surface area contributed by atoms with E-state index in [1.807, 2.05) is 19.9 Å². The number of methoxy groups -OCH3 is 2. The normalized spacial score (nSPS) is 11.9. The number of hydrogen-bond acceptors (Lipinski definition) is 6. The van der Waals surface area contributed by atoms with Gasteiger partial charge in [-0.05, 0) is 73.4 Å². The molecule has 41 heavy (non-hydrogen) atoms. The lowest BCUT2D eigenvalue weighted by molar-refractivity contribution is -0.140. The number of sulfonamides is 1. The van der Waals surface area contributed by atoms with Crippen LogP contribution in [0.4, 0.5) is 5.69 Å². The maximum Gasteiger partial charge on any atom is 0.264 e. The van der Waals surface area contributed by atoms with E-state index in [0.717, 1.165) is 21.0 Å². The number of nitrogens with zero attached hydrogens (tertiary/aromatic N) is 2. The molecule has 0 unspecified atom stereocenters. The number of ether oxygens (including phenoxy) is 2. The third-order valence-electron chi connectivity index (χ3n) is 6.61. The molecule has 0 heterocycles. The Labute approximate surface area is 247 Å². The van der Waals surface area contributed by atoms with Crippen LogP contribution in [0, 0.1) is 13.8 Å². The molecule has 0 bridgehead atoms. The van der Waals surface area contributed by atoms with Gasteiger partial charge in [-0.25, -0.2) is 8.42 Å². The fourth-order valence-corrected chi connectivity index (χ4v) is 6.14. The Balaban J connectivity index is 2.13. The molecule has 0 saturated heterocycles. The van der Waals surface area contributed by atoms with Gasteiger partial charge in [0.25, 0.3) is 10.0 Å². The van der Waals surface area contributed by atoms with E-state index >= 15 is 0 Å². The molecule has 0 aliphatic carbocycles. The van der Waals surface area contributed by atoms with E-state index in [1.165, 1.54) is 44.4 Å². The zero-order chi connectivity index (χ0) is 30.3. The van der Waals surface area contributed by atoms with Gasteiger partial charge in [-0.2, -0.15) is 0 Å². The van der Waals surface area contributed by atoms with Gasteiger partial charge in [0, 0.05) is 24.7 Å². The lowest BCUT2D eigenvalue weighted by Gasteiger charge is -2.33. The summed E-state index contributed by atoms with van der Waals surface area (Å²) in [5, 5.41) is 3.15. The minimum absolute atomic E-state index is 0.0790. The fraction of sp³-hybridized carbons (Fsp3) is 0.333. The molecule has 0 aliphatic heterocycles. The van der Waals surface area contributed by atoms with Gasteiger partial charge in [-0.15, -0.1) is 0 Å². The average molecular weight is 602 g/mol. The third kappa shape index (κ3) is 7.51. The van der Waals surface area contributed by atoms with Crippen LogP contribution in [0.5, 0.6) is 11.5 Å². The molecule has 2 amide bonds. The smallest absolute Gasteiger partial charge is 0.264 e. The van der Waals surface area contributed by atoms with Crippen molar-refractivity contribution in [2.45, 2.75) is 44.7 Å². The molecule has 9 nitrogen and oxygen atoms in total. The summed E-state index contributed by atoms with van der Waals surface area (Å²) in [5.41, 5.74) is 2.72. The number of nitrogens with one attached hydrogen (secondary N) is 1. The largest absolute Gasteiger partial charge is 0.493 e. The van der Waals surface area contributed by atoms with Crippen molar-refractivity contribution in [3.63, 3.8) is 0 Å². The van der Waals surface area contributed by atoms with Gasteiger partial charge in [0.2, 0.25) is 11.8 Å². The topological polar surface area (TPSA) is 105 Å². The number of rotatable bonds is 12. The highest BCUT2D eigenvalue weighted by Gasteiger charge is 2.34. The van der Waals surface area contributed by atoms with Crippen LogP contribution in [0.15, 0.2) is 65.6 Å². The summed E-state index contributed by atoms with van der Waals surface area (Å²) in [7, 11) is 0.0923.